The van der Waals surface area contributed by atoms with E-state index in [9.17, 15) is 14.0 Å². The lowest BCUT2D eigenvalue weighted by Gasteiger charge is -2.36. The minimum Gasteiger partial charge on any atom is -0.472 e. The molecule has 0 aliphatic heterocycles. The van der Waals surface area contributed by atoms with Crippen LogP contribution in [0.2, 0.25) is 0 Å². The number of primary amides is 1. The van der Waals surface area contributed by atoms with Crippen LogP contribution >= 0.6 is 0 Å². The maximum atomic E-state index is 14.7. The van der Waals surface area contributed by atoms with Crippen LogP contribution in [-0.4, -0.2) is 33.9 Å². The maximum absolute atomic E-state index is 14.7. The fourth-order valence-electron chi connectivity index (χ4n) is 3.44. The number of hydrogen-bond acceptors (Lipinski definition) is 8. The van der Waals surface area contributed by atoms with Gasteiger partial charge in [-0.1, -0.05) is 13.8 Å². The van der Waals surface area contributed by atoms with Gasteiger partial charge >= 0.3 is 12.1 Å². The first-order chi connectivity index (χ1) is 15.6. The molecule has 34 heavy (non-hydrogen) atoms. The van der Waals surface area contributed by atoms with Crippen molar-refractivity contribution in [2.24, 2.45) is 22.8 Å². The van der Waals surface area contributed by atoms with E-state index in [-0.39, 0.29) is 17.2 Å². The molecule has 2 heterocycles. The van der Waals surface area contributed by atoms with Gasteiger partial charge in [0.15, 0.2) is 12.0 Å². The zero-order valence-electron chi connectivity index (χ0n) is 20.6. The summed E-state index contributed by atoms with van der Waals surface area (Å²) in [5.41, 5.74) is 10.3. The molecule has 2 atom stereocenters. The van der Waals surface area contributed by atoms with Crippen molar-refractivity contribution in [1.82, 2.24) is 9.97 Å². The molecule has 0 aromatic carbocycles. The van der Waals surface area contributed by atoms with Crippen molar-refractivity contribution < 1.29 is 28.2 Å². The molecular formula is C24H33FN4O5. The second-order valence-electron chi connectivity index (χ2n) is 9.73. The van der Waals surface area contributed by atoms with Gasteiger partial charge in [0.2, 0.25) is 0 Å². The highest BCUT2D eigenvalue weighted by atomic mass is 19.1. The fourth-order valence-corrected chi connectivity index (χ4v) is 3.44. The minimum absolute atomic E-state index is 0.0589. The van der Waals surface area contributed by atoms with Crippen LogP contribution in [0.4, 0.5) is 9.18 Å². The molecule has 0 aliphatic carbocycles. The number of carbonyl (C=O) groups is 2. The zero-order chi connectivity index (χ0) is 25.8. The highest BCUT2D eigenvalue weighted by Gasteiger charge is 2.45. The number of hydrogen-bond donors (Lipinski definition) is 2. The number of halogens is 1. The van der Waals surface area contributed by atoms with E-state index in [4.69, 9.17) is 20.9 Å². The van der Waals surface area contributed by atoms with Gasteiger partial charge in [-0.15, -0.1) is 0 Å². The number of nitrogens with two attached hydrogens (primary N) is 2. The van der Waals surface area contributed by atoms with E-state index in [0.717, 1.165) is 0 Å². The molecule has 0 fully saturated rings. The molecule has 186 valence electrons. The van der Waals surface area contributed by atoms with Crippen molar-refractivity contribution in [3.8, 4) is 22.9 Å². The molecule has 0 bridgehead atoms. The van der Waals surface area contributed by atoms with Crippen LogP contribution in [0.5, 0.6) is 11.6 Å². The first-order valence-electron chi connectivity index (χ1n) is 10.9. The molecule has 4 N–H and O–H groups in total. The molecule has 0 saturated heterocycles. The van der Waals surface area contributed by atoms with Crippen molar-refractivity contribution in [1.29, 1.82) is 0 Å². The Labute approximate surface area is 199 Å². The van der Waals surface area contributed by atoms with Crippen LogP contribution in [0.1, 0.15) is 53.7 Å². The SMILES string of the molecule is Cc1nc(-c2ccnc(OC(N)=O)c2F)ccc1OC(N)C(C)(CC(C)C)C(=O)OC(C)(C)C. The van der Waals surface area contributed by atoms with Crippen LogP contribution in [-0.2, 0) is 9.53 Å². The van der Waals surface area contributed by atoms with Gasteiger partial charge in [0.1, 0.15) is 16.8 Å². The highest BCUT2D eigenvalue weighted by molar-refractivity contribution is 5.77. The Morgan fingerprint density at radius 3 is 2.32 bits per heavy atom. The Kier molecular flexibility index (Phi) is 8.20. The van der Waals surface area contributed by atoms with Gasteiger partial charge < -0.3 is 19.9 Å². The highest BCUT2D eigenvalue weighted by Crippen LogP contribution is 2.35. The zero-order valence-corrected chi connectivity index (χ0v) is 20.6. The third-order valence-electron chi connectivity index (χ3n) is 4.95. The molecule has 2 rings (SSSR count). The second-order valence-corrected chi connectivity index (χ2v) is 9.73. The predicted molar refractivity (Wildman–Crippen MR) is 124 cm³/mol. The minimum atomic E-state index is -1.18. The third-order valence-corrected chi connectivity index (χ3v) is 4.95. The Hall–Kier alpha value is -3.27. The van der Waals surface area contributed by atoms with Gasteiger partial charge in [0.05, 0.1) is 11.4 Å². The van der Waals surface area contributed by atoms with E-state index in [1.165, 1.54) is 18.3 Å². The summed E-state index contributed by atoms with van der Waals surface area (Å²) < 4.78 is 30.9. The summed E-state index contributed by atoms with van der Waals surface area (Å²) in [6.07, 6.45) is -0.491. The summed E-state index contributed by atoms with van der Waals surface area (Å²) in [6, 6.07) is 4.49. The normalized spacial score (nSPS) is 14.3. The van der Waals surface area contributed by atoms with Gasteiger partial charge in [0.25, 0.3) is 5.88 Å². The molecule has 1 amide bonds. The number of ether oxygens (including phenoxy) is 3. The lowest BCUT2D eigenvalue weighted by atomic mass is 9.80. The van der Waals surface area contributed by atoms with Gasteiger partial charge in [-0.05, 0) is 65.2 Å². The first kappa shape index (κ1) is 27.0. The Morgan fingerprint density at radius 2 is 1.79 bits per heavy atom. The standard InChI is InChI=1S/C24H33FN4O5/c1-13(2)12-24(7,21(30)34-23(4,5)6)20(26)32-17-9-8-16(29-14(17)3)15-10-11-28-19(18(15)25)33-22(27)31/h8-11,13,20H,12,26H2,1-7H3,(H2,27,31). The fraction of sp³-hybridized carbons (Fsp3) is 0.500. The summed E-state index contributed by atoms with van der Waals surface area (Å²) >= 11 is 0. The number of aromatic nitrogens is 2. The van der Waals surface area contributed by atoms with Gasteiger partial charge in [-0.25, -0.2) is 19.2 Å². The van der Waals surface area contributed by atoms with E-state index in [0.29, 0.717) is 17.9 Å². The molecule has 0 spiro atoms. The Morgan fingerprint density at radius 1 is 1.15 bits per heavy atom. The van der Waals surface area contributed by atoms with Gasteiger partial charge in [-0.2, -0.15) is 0 Å². The van der Waals surface area contributed by atoms with E-state index < -0.39 is 41.0 Å². The van der Waals surface area contributed by atoms with Crippen molar-refractivity contribution in [3.05, 3.63) is 35.9 Å². The van der Waals surface area contributed by atoms with Crippen LogP contribution in [0.25, 0.3) is 11.3 Å². The lowest BCUT2D eigenvalue weighted by Crippen LogP contribution is -2.52. The van der Waals surface area contributed by atoms with Crippen molar-refractivity contribution in [3.63, 3.8) is 0 Å². The summed E-state index contributed by atoms with van der Waals surface area (Å²) in [5, 5.41) is 0. The van der Waals surface area contributed by atoms with E-state index >= 15 is 0 Å². The van der Waals surface area contributed by atoms with Crippen LogP contribution in [0.15, 0.2) is 24.4 Å². The molecule has 2 unspecified atom stereocenters. The molecular weight excluding hydrogens is 443 g/mol. The monoisotopic (exact) mass is 476 g/mol. The van der Waals surface area contributed by atoms with Crippen molar-refractivity contribution >= 4 is 12.1 Å². The van der Waals surface area contributed by atoms with E-state index in [2.05, 4.69) is 14.7 Å². The third kappa shape index (κ3) is 6.63. The van der Waals surface area contributed by atoms with Gasteiger partial charge in [0, 0.05) is 11.8 Å². The average Bonchev–Trinajstić information content (AvgIpc) is 2.68. The largest absolute Gasteiger partial charge is 0.472 e. The smallest absolute Gasteiger partial charge is 0.411 e. The number of rotatable bonds is 8. The molecule has 0 aliphatic rings. The van der Waals surface area contributed by atoms with E-state index in [1.54, 1.807) is 40.7 Å². The molecule has 0 radical (unpaired) electrons. The molecule has 2 aromatic rings. The molecule has 2 aromatic heterocycles. The number of carbonyl (C=O) groups excluding carboxylic acids is 2. The second kappa shape index (κ2) is 10.3. The van der Waals surface area contributed by atoms with Crippen LogP contribution < -0.4 is 20.9 Å². The summed E-state index contributed by atoms with van der Waals surface area (Å²) in [5.74, 6) is -1.40. The van der Waals surface area contributed by atoms with E-state index in [1.807, 2.05) is 13.8 Å². The molecule has 0 saturated carbocycles. The number of amides is 1. The average molecular weight is 477 g/mol. The van der Waals surface area contributed by atoms with Crippen LogP contribution in [0.3, 0.4) is 0 Å². The predicted octanol–water partition coefficient (Wildman–Crippen LogP) is 4.11. The Bertz CT molecular complexity index is 1050. The number of aryl methyl sites for hydroxylation is 1. The molecule has 9 nitrogen and oxygen atoms in total. The summed E-state index contributed by atoms with van der Waals surface area (Å²) in [7, 11) is 0. The number of nitrogens with zero attached hydrogens (tertiary/aromatic N) is 2. The van der Waals surface area contributed by atoms with Crippen molar-refractivity contribution in [2.45, 2.75) is 66.7 Å². The molecule has 10 heteroatoms. The van der Waals surface area contributed by atoms with Crippen molar-refractivity contribution in [2.75, 3.05) is 0 Å². The number of pyridine rings is 2. The lowest BCUT2D eigenvalue weighted by molar-refractivity contribution is -0.174. The first-order valence-corrected chi connectivity index (χ1v) is 10.9. The Balaban J connectivity index is 2.34. The summed E-state index contributed by atoms with van der Waals surface area (Å²) in [4.78, 5) is 32.0. The number of esters is 1. The van der Waals surface area contributed by atoms with Crippen LogP contribution in [0, 0.1) is 24.1 Å². The van der Waals surface area contributed by atoms with Gasteiger partial charge in [-0.3, -0.25) is 10.5 Å². The summed E-state index contributed by atoms with van der Waals surface area (Å²) in [6.45, 7) is 12.7. The maximum Gasteiger partial charge on any atom is 0.411 e. The topological polar surface area (TPSA) is 140 Å². The quantitative estimate of drug-likeness (QED) is 0.429.